The van der Waals surface area contributed by atoms with Gasteiger partial charge >= 0.3 is 5.97 Å². The van der Waals surface area contributed by atoms with E-state index in [1.54, 1.807) is 35.0 Å². The van der Waals surface area contributed by atoms with Crippen molar-refractivity contribution in [3.05, 3.63) is 66.1 Å². The van der Waals surface area contributed by atoms with E-state index in [0.717, 1.165) is 12.6 Å². The third-order valence-corrected chi connectivity index (χ3v) is 6.13. The standard InChI is InChI=1S/C24H22F2N6O3/c1-14-6-8-31(21(10-14)24(33)34)23-17(26)12-27-22(28-23)19-11-20(18-7-9-35-30-18)32(29-19)13-15-4-2-3-5-16(15)25/h2-5,7,9,11-12,14,21H,6,8,10,13H2,1H3,(H,33,34)/t14-,21+/m0/s1. The molecule has 0 aliphatic carbocycles. The predicted octanol–water partition coefficient (Wildman–Crippen LogP) is 4.01. The number of piperidine rings is 1. The van der Waals surface area contributed by atoms with Gasteiger partial charge in [-0.1, -0.05) is 30.3 Å². The molecule has 0 spiro atoms. The van der Waals surface area contributed by atoms with Crippen molar-refractivity contribution >= 4 is 11.8 Å². The summed E-state index contributed by atoms with van der Waals surface area (Å²) in [4.78, 5) is 21.8. The molecule has 4 heterocycles. The molecule has 1 N–H and O–H groups in total. The topological polar surface area (TPSA) is 110 Å². The maximum atomic E-state index is 14.8. The molecule has 9 nitrogen and oxygen atoms in total. The average molecular weight is 480 g/mol. The molecule has 1 aliphatic heterocycles. The van der Waals surface area contributed by atoms with E-state index in [1.807, 2.05) is 6.92 Å². The second kappa shape index (κ2) is 9.24. The zero-order valence-electron chi connectivity index (χ0n) is 18.8. The second-order valence-corrected chi connectivity index (χ2v) is 8.59. The van der Waals surface area contributed by atoms with Crippen LogP contribution in [0.4, 0.5) is 14.6 Å². The predicted molar refractivity (Wildman–Crippen MR) is 121 cm³/mol. The molecular formula is C24H22F2N6O3. The highest BCUT2D eigenvalue weighted by atomic mass is 19.1. The SMILES string of the molecule is C[C@H]1CCN(c2nc(-c3cc(-c4ccon4)n(Cc4ccccc4F)n3)ncc2F)[C@@H](C(=O)O)C1. The molecule has 4 aromatic rings. The van der Waals surface area contributed by atoms with Crippen LogP contribution in [0.15, 0.2) is 53.4 Å². The number of carboxylic acids is 1. The molecule has 1 aromatic carbocycles. The van der Waals surface area contributed by atoms with Crippen LogP contribution in [-0.2, 0) is 11.3 Å². The lowest BCUT2D eigenvalue weighted by Crippen LogP contribution is -2.47. The van der Waals surface area contributed by atoms with Crippen LogP contribution in [0, 0.1) is 17.6 Å². The van der Waals surface area contributed by atoms with Crippen molar-refractivity contribution in [2.75, 3.05) is 11.4 Å². The highest BCUT2D eigenvalue weighted by Crippen LogP contribution is 2.31. The first-order chi connectivity index (χ1) is 16.9. The van der Waals surface area contributed by atoms with Gasteiger partial charge < -0.3 is 14.5 Å². The number of anilines is 1. The number of benzene rings is 1. The smallest absolute Gasteiger partial charge is 0.326 e. The van der Waals surface area contributed by atoms with Crippen LogP contribution in [0.3, 0.4) is 0 Å². The largest absolute Gasteiger partial charge is 0.480 e. The highest BCUT2D eigenvalue weighted by molar-refractivity contribution is 5.78. The van der Waals surface area contributed by atoms with Crippen molar-refractivity contribution in [2.24, 2.45) is 5.92 Å². The maximum Gasteiger partial charge on any atom is 0.326 e. The second-order valence-electron chi connectivity index (χ2n) is 8.59. The number of hydrogen-bond donors (Lipinski definition) is 1. The Morgan fingerprint density at radius 2 is 2.03 bits per heavy atom. The summed E-state index contributed by atoms with van der Waals surface area (Å²) in [7, 11) is 0. The van der Waals surface area contributed by atoms with Crippen molar-refractivity contribution < 1.29 is 23.2 Å². The van der Waals surface area contributed by atoms with E-state index in [9.17, 15) is 18.7 Å². The van der Waals surface area contributed by atoms with Gasteiger partial charge in [0.05, 0.1) is 18.4 Å². The average Bonchev–Trinajstić information content (AvgIpc) is 3.51. The summed E-state index contributed by atoms with van der Waals surface area (Å²) in [6, 6.07) is 8.76. The van der Waals surface area contributed by atoms with Crippen LogP contribution in [-0.4, -0.2) is 48.6 Å². The first kappa shape index (κ1) is 22.6. The summed E-state index contributed by atoms with van der Waals surface area (Å²) in [6.07, 6.45) is 3.53. The van der Waals surface area contributed by atoms with Crippen LogP contribution in [0.1, 0.15) is 25.3 Å². The minimum absolute atomic E-state index is 0.0825. The zero-order chi connectivity index (χ0) is 24.5. The van der Waals surface area contributed by atoms with Crippen LogP contribution in [0.25, 0.3) is 22.9 Å². The summed E-state index contributed by atoms with van der Waals surface area (Å²) in [5.74, 6) is -1.89. The van der Waals surface area contributed by atoms with E-state index in [0.29, 0.717) is 35.6 Å². The normalized spacial score (nSPS) is 18.1. The molecule has 0 unspecified atom stereocenters. The Morgan fingerprint density at radius 1 is 1.20 bits per heavy atom. The van der Waals surface area contributed by atoms with Crippen LogP contribution in [0.5, 0.6) is 0 Å². The van der Waals surface area contributed by atoms with Gasteiger partial charge in [0.2, 0.25) is 0 Å². The van der Waals surface area contributed by atoms with Gasteiger partial charge in [-0.25, -0.2) is 23.5 Å². The number of halogens is 2. The Labute approximate surface area is 199 Å². The number of nitrogens with zero attached hydrogens (tertiary/aromatic N) is 6. The van der Waals surface area contributed by atoms with E-state index in [2.05, 4.69) is 20.2 Å². The van der Waals surface area contributed by atoms with Crippen LogP contribution in [0.2, 0.25) is 0 Å². The molecule has 1 aliphatic rings. The third-order valence-electron chi connectivity index (χ3n) is 6.13. The molecule has 35 heavy (non-hydrogen) atoms. The summed E-state index contributed by atoms with van der Waals surface area (Å²) >= 11 is 0. The van der Waals surface area contributed by atoms with Gasteiger partial charge in [-0.3, -0.25) is 4.68 Å². The minimum Gasteiger partial charge on any atom is -0.480 e. The molecule has 2 atom stereocenters. The molecule has 0 bridgehead atoms. The van der Waals surface area contributed by atoms with Crippen molar-refractivity contribution in [3.63, 3.8) is 0 Å². The van der Waals surface area contributed by atoms with Crippen molar-refractivity contribution in [2.45, 2.75) is 32.4 Å². The number of aliphatic carboxylic acids is 1. The van der Waals surface area contributed by atoms with Gasteiger partial charge in [-0.05, 0) is 30.9 Å². The first-order valence-electron chi connectivity index (χ1n) is 11.1. The van der Waals surface area contributed by atoms with Crippen molar-refractivity contribution in [1.29, 1.82) is 0 Å². The molecule has 0 saturated carbocycles. The molecular weight excluding hydrogens is 458 g/mol. The molecule has 3 aromatic heterocycles. The van der Waals surface area contributed by atoms with E-state index in [4.69, 9.17) is 4.52 Å². The lowest BCUT2D eigenvalue weighted by Gasteiger charge is -2.36. The Kier molecular flexibility index (Phi) is 5.98. The van der Waals surface area contributed by atoms with E-state index >= 15 is 0 Å². The number of hydrogen-bond acceptors (Lipinski definition) is 7. The number of carbonyl (C=O) groups is 1. The van der Waals surface area contributed by atoms with Gasteiger partial charge in [-0.15, -0.1) is 0 Å². The van der Waals surface area contributed by atoms with E-state index < -0.39 is 17.8 Å². The number of rotatable bonds is 6. The third kappa shape index (κ3) is 4.48. The quantitative estimate of drug-likeness (QED) is 0.441. The molecule has 11 heteroatoms. The fraction of sp³-hybridized carbons (Fsp3) is 0.292. The summed E-state index contributed by atoms with van der Waals surface area (Å²) in [5.41, 5.74) is 1.72. The van der Waals surface area contributed by atoms with Crippen LogP contribution < -0.4 is 4.90 Å². The van der Waals surface area contributed by atoms with Gasteiger partial charge in [0.15, 0.2) is 17.5 Å². The lowest BCUT2D eigenvalue weighted by molar-refractivity contribution is -0.139. The number of carboxylic acid groups (broad SMARTS) is 1. The summed E-state index contributed by atoms with van der Waals surface area (Å²) < 4.78 is 35.6. The maximum absolute atomic E-state index is 14.8. The summed E-state index contributed by atoms with van der Waals surface area (Å²) in [5, 5.41) is 18.2. The molecule has 5 rings (SSSR count). The van der Waals surface area contributed by atoms with Gasteiger partial charge in [-0.2, -0.15) is 5.10 Å². The minimum atomic E-state index is -1.03. The molecule has 180 valence electrons. The Balaban J connectivity index is 1.55. The van der Waals surface area contributed by atoms with Gasteiger partial charge in [0, 0.05) is 18.2 Å². The molecule has 1 saturated heterocycles. The van der Waals surface area contributed by atoms with E-state index in [1.165, 1.54) is 17.2 Å². The van der Waals surface area contributed by atoms with Crippen molar-refractivity contribution in [1.82, 2.24) is 24.9 Å². The van der Waals surface area contributed by atoms with E-state index in [-0.39, 0.29) is 29.9 Å². The Morgan fingerprint density at radius 3 is 2.77 bits per heavy atom. The fourth-order valence-corrected chi connectivity index (χ4v) is 4.30. The number of aromatic nitrogens is 5. The lowest BCUT2D eigenvalue weighted by atomic mass is 9.92. The van der Waals surface area contributed by atoms with Crippen molar-refractivity contribution in [3.8, 4) is 22.9 Å². The Hall–Kier alpha value is -4.15. The zero-order valence-corrected chi connectivity index (χ0v) is 18.8. The monoisotopic (exact) mass is 480 g/mol. The Bertz CT molecular complexity index is 1360. The van der Waals surface area contributed by atoms with Crippen LogP contribution >= 0.6 is 0 Å². The fourth-order valence-electron chi connectivity index (χ4n) is 4.30. The van der Waals surface area contributed by atoms with Gasteiger partial charge in [0.25, 0.3) is 0 Å². The highest BCUT2D eigenvalue weighted by Gasteiger charge is 2.34. The molecule has 0 amide bonds. The molecule has 0 radical (unpaired) electrons. The first-order valence-corrected chi connectivity index (χ1v) is 11.1. The van der Waals surface area contributed by atoms with Gasteiger partial charge in [0.1, 0.15) is 29.5 Å². The summed E-state index contributed by atoms with van der Waals surface area (Å²) in [6.45, 7) is 2.44. The molecule has 1 fully saturated rings.